The quantitative estimate of drug-likeness (QED) is 0.889. The van der Waals surface area contributed by atoms with E-state index >= 15 is 0 Å². The topological polar surface area (TPSA) is 44.8 Å². The van der Waals surface area contributed by atoms with Gasteiger partial charge in [0.15, 0.2) is 0 Å². The number of ether oxygens (including phenoxy) is 1. The Kier molecular flexibility index (Phi) is 5.81. The van der Waals surface area contributed by atoms with Gasteiger partial charge in [-0.05, 0) is 38.1 Å². The van der Waals surface area contributed by atoms with Gasteiger partial charge in [0.05, 0.1) is 18.8 Å². The van der Waals surface area contributed by atoms with Crippen molar-refractivity contribution in [1.82, 2.24) is 10.2 Å². The van der Waals surface area contributed by atoms with E-state index in [-0.39, 0.29) is 6.03 Å². The standard InChI is InChI=1S/C19H25N3O2S/c1-3-24-18-7-5-4-6-17(18)21-10-12-22(13-11-21)19(23)20-14-16-9-8-15(2)25-16/h4-9H,3,10-14H2,1-2H3,(H,20,23). The molecule has 1 aliphatic rings. The summed E-state index contributed by atoms with van der Waals surface area (Å²) in [5.74, 6) is 0.913. The molecule has 0 aliphatic carbocycles. The minimum Gasteiger partial charge on any atom is -0.492 e. The van der Waals surface area contributed by atoms with E-state index in [1.165, 1.54) is 9.75 Å². The molecule has 6 heteroatoms. The number of para-hydroxylation sites is 2. The highest BCUT2D eigenvalue weighted by Gasteiger charge is 2.22. The smallest absolute Gasteiger partial charge is 0.317 e. The normalized spacial score (nSPS) is 14.5. The van der Waals surface area contributed by atoms with E-state index in [0.29, 0.717) is 13.2 Å². The summed E-state index contributed by atoms with van der Waals surface area (Å²) < 4.78 is 5.72. The number of nitrogens with one attached hydrogen (secondary N) is 1. The Morgan fingerprint density at radius 1 is 1.16 bits per heavy atom. The molecule has 0 unspecified atom stereocenters. The molecule has 1 aliphatic heterocycles. The molecule has 1 N–H and O–H groups in total. The van der Waals surface area contributed by atoms with Gasteiger partial charge < -0.3 is 19.9 Å². The third-order valence-electron chi connectivity index (χ3n) is 4.28. The van der Waals surface area contributed by atoms with Crippen LogP contribution in [0.2, 0.25) is 0 Å². The first-order valence-corrected chi connectivity index (χ1v) is 9.54. The van der Waals surface area contributed by atoms with Crippen molar-refractivity contribution in [3.8, 4) is 5.75 Å². The number of nitrogens with zero attached hydrogens (tertiary/aromatic N) is 2. The van der Waals surface area contributed by atoms with Gasteiger partial charge in [-0.3, -0.25) is 0 Å². The van der Waals surface area contributed by atoms with Crippen LogP contribution < -0.4 is 15.0 Å². The molecule has 2 amide bonds. The van der Waals surface area contributed by atoms with Gasteiger partial charge in [0, 0.05) is 35.9 Å². The molecular formula is C19H25N3O2S. The maximum atomic E-state index is 12.4. The summed E-state index contributed by atoms with van der Waals surface area (Å²) in [6.07, 6.45) is 0. The van der Waals surface area contributed by atoms with Crippen molar-refractivity contribution in [2.24, 2.45) is 0 Å². The molecule has 2 aromatic rings. The van der Waals surface area contributed by atoms with Gasteiger partial charge in [-0.1, -0.05) is 12.1 Å². The average Bonchev–Trinajstić information content (AvgIpc) is 3.06. The van der Waals surface area contributed by atoms with Crippen LogP contribution in [0.15, 0.2) is 36.4 Å². The fourth-order valence-corrected chi connectivity index (χ4v) is 3.83. The molecule has 25 heavy (non-hydrogen) atoms. The molecule has 1 aromatic heterocycles. The first-order valence-electron chi connectivity index (χ1n) is 8.72. The van der Waals surface area contributed by atoms with Crippen molar-refractivity contribution in [2.45, 2.75) is 20.4 Å². The number of rotatable bonds is 5. The number of anilines is 1. The van der Waals surface area contributed by atoms with Gasteiger partial charge in [0.1, 0.15) is 5.75 Å². The van der Waals surface area contributed by atoms with Gasteiger partial charge in [0.2, 0.25) is 0 Å². The van der Waals surface area contributed by atoms with Crippen LogP contribution in [0, 0.1) is 6.92 Å². The summed E-state index contributed by atoms with van der Waals surface area (Å²) >= 11 is 1.72. The summed E-state index contributed by atoms with van der Waals surface area (Å²) in [6.45, 7) is 8.40. The number of amides is 2. The van der Waals surface area contributed by atoms with Gasteiger partial charge in [-0.15, -0.1) is 11.3 Å². The largest absolute Gasteiger partial charge is 0.492 e. The summed E-state index contributed by atoms with van der Waals surface area (Å²) in [5.41, 5.74) is 1.11. The van der Waals surface area contributed by atoms with E-state index in [4.69, 9.17) is 4.74 Å². The highest BCUT2D eigenvalue weighted by atomic mass is 32.1. The first-order chi connectivity index (χ1) is 12.2. The van der Waals surface area contributed by atoms with Crippen molar-refractivity contribution in [3.63, 3.8) is 0 Å². The molecular weight excluding hydrogens is 334 g/mol. The number of hydrogen-bond donors (Lipinski definition) is 1. The Bertz CT molecular complexity index is 708. The number of thiophene rings is 1. The lowest BCUT2D eigenvalue weighted by Crippen LogP contribution is -2.51. The summed E-state index contributed by atoms with van der Waals surface area (Å²) in [5, 5.41) is 3.02. The van der Waals surface area contributed by atoms with E-state index in [9.17, 15) is 4.79 Å². The third kappa shape index (κ3) is 4.45. The van der Waals surface area contributed by atoms with Gasteiger partial charge in [-0.2, -0.15) is 0 Å². The van der Waals surface area contributed by atoms with Gasteiger partial charge >= 0.3 is 6.03 Å². The van der Waals surface area contributed by atoms with Gasteiger partial charge in [0.25, 0.3) is 0 Å². The monoisotopic (exact) mass is 359 g/mol. The van der Waals surface area contributed by atoms with Crippen LogP contribution in [0.4, 0.5) is 10.5 Å². The molecule has 3 rings (SSSR count). The van der Waals surface area contributed by atoms with Crippen molar-refractivity contribution in [3.05, 3.63) is 46.2 Å². The summed E-state index contributed by atoms with van der Waals surface area (Å²) in [6, 6.07) is 12.3. The zero-order valence-electron chi connectivity index (χ0n) is 14.8. The Morgan fingerprint density at radius 3 is 2.60 bits per heavy atom. The minimum atomic E-state index is 0.0174. The number of carbonyl (C=O) groups excluding carboxylic acids is 1. The molecule has 5 nitrogen and oxygen atoms in total. The molecule has 1 fully saturated rings. The second kappa shape index (κ2) is 8.25. The third-order valence-corrected chi connectivity index (χ3v) is 5.28. The van der Waals surface area contributed by atoms with Crippen molar-refractivity contribution < 1.29 is 9.53 Å². The predicted molar refractivity (Wildman–Crippen MR) is 103 cm³/mol. The number of hydrogen-bond acceptors (Lipinski definition) is 4. The number of piperazine rings is 1. The van der Waals surface area contributed by atoms with E-state index in [1.54, 1.807) is 11.3 Å². The second-order valence-electron chi connectivity index (χ2n) is 6.05. The molecule has 1 saturated heterocycles. The van der Waals surface area contributed by atoms with E-state index < -0.39 is 0 Å². The molecule has 0 saturated carbocycles. The highest BCUT2D eigenvalue weighted by Crippen LogP contribution is 2.28. The van der Waals surface area contributed by atoms with E-state index in [0.717, 1.165) is 37.6 Å². The summed E-state index contributed by atoms with van der Waals surface area (Å²) in [4.78, 5) is 19.0. The Balaban J connectivity index is 1.52. The lowest BCUT2D eigenvalue weighted by molar-refractivity contribution is 0.194. The number of benzene rings is 1. The van der Waals surface area contributed by atoms with Crippen LogP contribution in [0.3, 0.4) is 0 Å². The maximum Gasteiger partial charge on any atom is 0.317 e. The molecule has 0 spiro atoms. The zero-order valence-corrected chi connectivity index (χ0v) is 15.6. The lowest BCUT2D eigenvalue weighted by Gasteiger charge is -2.36. The Hall–Kier alpha value is -2.21. The number of aryl methyl sites for hydroxylation is 1. The maximum absolute atomic E-state index is 12.4. The molecule has 0 atom stereocenters. The van der Waals surface area contributed by atoms with Crippen molar-refractivity contribution in [1.29, 1.82) is 0 Å². The van der Waals surface area contributed by atoms with Crippen LogP contribution in [-0.4, -0.2) is 43.7 Å². The van der Waals surface area contributed by atoms with Crippen LogP contribution in [0.5, 0.6) is 5.75 Å². The molecule has 2 heterocycles. The van der Waals surface area contributed by atoms with E-state index in [2.05, 4.69) is 35.3 Å². The van der Waals surface area contributed by atoms with Gasteiger partial charge in [-0.25, -0.2) is 4.79 Å². The number of carbonyl (C=O) groups is 1. The second-order valence-corrected chi connectivity index (χ2v) is 7.42. The van der Waals surface area contributed by atoms with Crippen LogP contribution in [0.1, 0.15) is 16.7 Å². The minimum absolute atomic E-state index is 0.0174. The van der Waals surface area contributed by atoms with Crippen molar-refractivity contribution >= 4 is 23.1 Å². The zero-order chi connectivity index (χ0) is 17.6. The summed E-state index contributed by atoms with van der Waals surface area (Å²) in [7, 11) is 0. The average molecular weight is 359 g/mol. The molecule has 134 valence electrons. The van der Waals surface area contributed by atoms with E-state index in [1.807, 2.05) is 30.0 Å². The molecule has 1 aromatic carbocycles. The SMILES string of the molecule is CCOc1ccccc1N1CCN(C(=O)NCc2ccc(C)s2)CC1. The molecule has 0 radical (unpaired) electrons. The van der Waals surface area contributed by atoms with Crippen LogP contribution in [-0.2, 0) is 6.54 Å². The fraction of sp³-hybridized carbons (Fsp3) is 0.421. The van der Waals surface area contributed by atoms with Crippen molar-refractivity contribution in [2.75, 3.05) is 37.7 Å². The molecule has 0 bridgehead atoms. The first kappa shape index (κ1) is 17.6. The fourth-order valence-electron chi connectivity index (χ4n) is 3.00. The van der Waals surface area contributed by atoms with Crippen LogP contribution >= 0.6 is 11.3 Å². The number of urea groups is 1. The lowest BCUT2D eigenvalue weighted by atomic mass is 10.2. The predicted octanol–water partition coefficient (Wildman–Crippen LogP) is 3.49. The Morgan fingerprint density at radius 2 is 1.92 bits per heavy atom. The van der Waals surface area contributed by atoms with Crippen LogP contribution in [0.25, 0.3) is 0 Å². The Labute approximate surface area is 153 Å². The highest BCUT2D eigenvalue weighted by molar-refractivity contribution is 7.11.